The van der Waals surface area contributed by atoms with Gasteiger partial charge in [0.2, 0.25) is 5.91 Å². The molecule has 26 heavy (non-hydrogen) atoms. The summed E-state index contributed by atoms with van der Waals surface area (Å²) < 4.78 is 0. The van der Waals surface area contributed by atoms with Crippen molar-refractivity contribution in [3.8, 4) is 5.75 Å². The molecule has 0 saturated heterocycles. The van der Waals surface area contributed by atoms with Crippen molar-refractivity contribution in [3.63, 3.8) is 0 Å². The molecule has 0 saturated carbocycles. The lowest BCUT2D eigenvalue weighted by Gasteiger charge is -2.18. The van der Waals surface area contributed by atoms with Crippen LogP contribution in [0.3, 0.4) is 0 Å². The number of aromatic hydroxyl groups is 1. The van der Waals surface area contributed by atoms with Gasteiger partial charge in [-0.1, -0.05) is 30.3 Å². The molecule has 0 aliphatic heterocycles. The molecule has 3 aromatic rings. The van der Waals surface area contributed by atoms with Crippen LogP contribution in [0.25, 0.3) is 10.8 Å². The van der Waals surface area contributed by atoms with E-state index >= 15 is 0 Å². The van der Waals surface area contributed by atoms with E-state index in [0.717, 1.165) is 16.5 Å². The highest BCUT2D eigenvalue weighted by molar-refractivity contribution is 5.97. The van der Waals surface area contributed by atoms with Gasteiger partial charge in [0, 0.05) is 31.9 Å². The minimum atomic E-state index is -0.510. The summed E-state index contributed by atoms with van der Waals surface area (Å²) in [6, 6.07) is 16.7. The molecule has 0 bridgehead atoms. The number of nitrogens with one attached hydrogen (secondary N) is 1. The third-order valence-electron chi connectivity index (χ3n) is 4.12. The minimum Gasteiger partial charge on any atom is -0.505 e. The SMILES string of the molecule is CN(C(=O)CCNC(=O)c1ncccc1O)c1ccc2ccccc2c1. The fourth-order valence-electron chi connectivity index (χ4n) is 2.64. The van der Waals surface area contributed by atoms with Gasteiger partial charge in [0.25, 0.3) is 5.91 Å². The summed E-state index contributed by atoms with van der Waals surface area (Å²) >= 11 is 0. The first-order valence-electron chi connectivity index (χ1n) is 8.24. The molecule has 0 radical (unpaired) electrons. The highest BCUT2D eigenvalue weighted by Crippen LogP contribution is 2.21. The monoisotopic (exact) mass is 349 g/mol. The van der Waals surface area contributed by atoms with Crippen molar-refractivity contribution in [3.05, 3.63) is 66.5 Å². The Bertz CT molecular complexity index is 956. The summed E-state index contributed by atoms with van der Waals surface area (Å²) in [5.74, 6) is -0.820. The van der Waals surface area contributed by atoms with Crippen molar-refractivity contribution < 1.29 is 14.7 Å². The van der Waals surface area contributed by atoms with E-state index in [1.165, 1.54) is 18.3 Å². The number of amides is 2. The van der Waals surface area contributed by atoms with Gasteiger partial charge in [-0.2, -0.15) is 0 Å². The molecule has 0 fully saturated rings. The Balaban J connectivity index is 1.58. The lowest BCUT2D eigenvalue weighted by Crippen LogP contribution is -2.32. The summed E-state index contributed by atoms with van der Waals surface area (Å²) in [6.07, 6.45) is 1.57. The van der Waals surface area contributed by atoms with Crippen molar-refractivity contribution in [2.45, 2.75) is 6.42 Å². The standard InChI is InChI=1S/C20H19N3O3/c1-23(16-9-8-14-5-2-3-6-15(14)13-16)18(25)10-12-22-20(26)19-17(24)7-4-11-21-19/h2-9,11,13,24H,10,12H2,1H3,(H,22,26). The smallest absolute Gasteiger partial charge is 0.273 e. The van der Waals surface area contributed by atoms with Crippen LogP contribution >= 0.6 is 0 Å². The number of rotatable bonds is 5. The van der Waals surface area contributed by atoms with Crippen molar-refractivity contribution in [1.82, 2.24) is 10.3 Å². The summed E-state index contributed by atoms with van der Waals surface area (Å²) in [4.78, 5) is 29.7. The van der Waals surface area contributed by atoms with Crippen LogP contribution in [-0.4, -0.2) is 35.5 Å². The maximum absolute atomic E-state index is 12.4. The van der Waals surface area contributed by atoms with Crippen LogP contribution in [-0.2, 0) is 4.79 Å². The molecule has 1 aromatic heterocycles. The Labute approximate surface area is 151 Å². The third-order valence-corrected chi connectivity index (χ3v) is 4.12. The number of nitrogens with zero attached hydrogens (tertiary/aromatic N) is 2. The molecule has 2 aromatic carbocycles. The average molecular weight is 349 g/mol. The Morgan fingerprint density at radius 1 is 1.08 bits per heavy atom. The van der Waals surface area contributed by atoms with Crippen molar-refractivity contribution in [1.29, 1.82) is 0 Å². The first-order valence-corrected chi connectivity index (χ1v) is 8.24. The third kappa shape index (κ3) is 3.80. The second kappa shape index (κ2) is 7.65. The van der Waals surface area contributed by atoms with Gasteiger partial charge in [0.1, 0.15) is 5.75 Å². The van der Waals surface area contributed by atoms with Gasteiger partial charge in [-0.05, 0) is 35.0 Å². The molecule has 6 nitrogen and oxygen atoms in total. The zero-order valence-corrected chi connectivity index (χ0v) is 14.3. The zero-order chi connectivity index (χ0) is 18.5. The summed E-state index contributed by atoms with van der Waals surface area (Å²) in [5, 5.41) is 14.4. The van der Waals surface area contributed by atoms with E-state index in [1.807, 2.05) is 42.5 Å². The van der Waals surface area contributed by atoms with Gasteiger partial charge in [0.15, 0.2) is 5.69 Å². The lowest BCUT2D eigenvalue weighted by atomic mass is 10.1. The normalized spacial score (nSPS) is 10.5. The average Bonchev–Trinajstić information content (AvgIpc) is 2.67. The maximum Gasteiger partial charge on any atom is 0.273 e. The molecule has 1 heterocycles. The van der Waals surface area contributed by atoms with Crippen molar-refractivity contribution in [2.75, 3.05) is 18.5 Å². The predicted octanol–water partition coefficient (Wildman–Crippen LogP) is 2.72. The minimum absolute atomic E-state index is 0.0529. The largest absolute Gasteiger partial charge is 0.505 e. The van der Waals surface area contributed by atoms with E-state index < -0.39 is 5.91 Å². The Morgan fingerprint density at radius 2 is 1.85 bits per heavy atom. The van der Waals surface area contributed by atoms with Gasteiger partial charge in [-0.15, -0.1) is 0 Å². The molecule has 2 amide bonds. The van der Waals surface area contributed by atoms with E-state index in [9.17, 15) is 14.7 Å². The fourth-order valence-corrected chi connectivity index (χ4v) is 2.64. The predicted molar refractivity (Wildman–Crippen MR) is 100 cm³/mol. The van der Waals surface area contributed by atoms with Crippen LogP contribution in [0.15, 0.2) is 60.8 Å². The number of fused-ring (bicyclic) bond motifs is 1. The van der Waals surface area contributed by atoms with Crippen LogP contribution in [0.1, 0.15) is 16.9 Å². The summed E-state index contributed by atoms with van der Waals surface area (Å²) in [5.41, 5.74) is 0.741. The quantitative estimate of drug-likeness (QED) is 0.742. The molecule has 0 unspecified atom stereocenters. The Kier molecular flexibility index (Phi) is 5.12. The molecule has 2 N–H and O–H groups in total. The Hall–Kier alpha value is -3.41. The first-order chi connectivity index (χ1) is 12.6. The fraction of sp³-hybridized carbons (Fsp3) is 0.150. The lowest BCUT2D eigenvalue weighted by molar-refractivity contribution is -0.118. The van der Waals surface area contributed by atoms with Crippen LogP contribution in [0, 0.1) is 0 Å². The second-order valence-corrected chi connectivity index (χ2v) is 5.86. The molecule has 0 aliphatic carbocycles. The van der Waals surface area contributed by atoms with E-state index in [0.29, 0.717) is 0 Å². The van der Waals surface area contributed by atoms with E-state index in [1.54, 1.807) is 11.9 Å². The zero-order valence-electron chi connectivity index (χ0n) is 14.3. The van der Waals surface area contributed by atoms with Gasteiger partial charge in [0.05, 0.1) is 0 Å². The molecular formula is C20H19N3O3. The molecule has 0 aliphatic rings. The highest BCUT2D eigenvalue weighted by Gasteiger charge is 2.14. The van der Waals surface area contributed by atoms with Crippen LogP contribution in [0.2, 0.25) is 0 Å². The van der Waals surface area contributed by atoms with Crippen LogP contribution < -0.4 is 10.2 Å². The molecule has 0 atom stereocenters. The summed E-state index contributed by atoms with van der Waals surface area (Å²) in [6.45, 7) is 0.158. The van der Waals surface area contributed by atoms with E-state index in [-0.39, 0.29) is 30.3 Å². The van der Waals surface area contributed by atoms with Gasteiger partial charge >= 0.3 is 0 Å². The topological polar surface area (TPSA) is 82.5 Å². The number of hydrogen-bond acceptors (Lipinski definition) is 4. The highest BCUT2D eigenvalue weighted by atomic mass is 16.3. The Morgan fingerprint density at radius 3 is 2.62 bits per heavy atom. The number of pyridine rings is 1. The number of hydrogen-bond donors (Lipinski definition) is 2. The molecule has 132 valence electrons. The van der Waals surface area contributed by atoms with Gasteiger partial charge in [-0.25, -0.2) is 4.98 Å². The summed E-state index contributed by atoms with van der Waals surface area (Å²) in [7, 11) is 1.71. The van der Waals surface area contributed by atoms with Crippen molar-refractivity contribution in [2.24, 2.45) is 0 Å². The molecular weight excluding hydrogens is 330 g/mol. The number of aromatic nitrogens is 1. The maximum atomic E-state index is 12.4. The molecule has 6 heteroatoms. The molecule has 0 spiro atoms. The van der Waals surface area contributed by atoms with Crippen molar-refractivity contribution >= 4 is 28.3 Å². The van der Waals surface area contributed by atoms with Crippen LogP contribution in [0.4, 0.5) is 5.69 Å². The van der Waals surface area contributed by atoms with Gasteiger partial charge < -0.3 is 15.3 Å². The number of anilines is 1. The molecule has 3 rings (SSSR count). The first kappa shape index (κ1) is 17.4. The number of benzene rings is 2. The number of carbonyl (C=O) groups excluding carboxylic acids is 2. The van der Waals surface area contributed by atoms with E-state index in [2.05, 4.69) is 10.3 Å². The van der Waals surface area contributed by atoms with Crippen LogP contribution in [0.5, 0.6) is 5.75 Å². The van der Waals surface area contributed by atoms with E-state index in [4.69, 9.17) is 0 Å². The number of carbonyl (C=O) groups is 2. The second-order valence-electron chi connectivity index (χ2n) is 5.86. The van der Waals surface area contributed by atoms with Gasteiger partial charge in [-0.3, -0.25) is 9.59 Å².